The Morgan fingerprint density at radius 2 is 1.13 bits per heavy atom. The van der Waals surface area contributed by atoms with Crippen LogP contribution in [0.1, 0.15) is 0 Å². The molecular weight excluding hydrogens is 384 g/mol. The normalized spacial score (nSPS) is 11.5. The number of nitrogens with zero attached hydrogens (tertiary/aromatic N) is 2. The second-order valence-electron chi connectivity index (χ2n) is 7.65. The molecule has 4 nitrogen and oxygen atoms in total. The van der Waals surface area contributed by atoms with Crippen LogP contribution in [0.25, 0.3) is 54.5 Å². The van der Waals surface area contributed by atoms with Gasteiger partial charge in [-0.05, 0) is 51.4 Å². The molecule has 1 aromatic heterocycles. The first-order chi connectivity index (χ1) is 15.2. The van der Waals surface area contributed by atoms with Crippen molar-refractivity contribution in [2.75, 3.05) is 0 Å². The molecule has 0 saturated heterocycles. The summed E-state index contributed by atoms with van der Waals surface area (Å²) in [5, 5.41) is 17.9. The molecule has 0 aliphatic heterocycles. The molecular formula is C27H16N2O2. The molecule has 0 spiro atoms. The zero-order valence-corrected chi connectivity index (χ0v) is 16.4. The Morgan fingerprint density at radius 1 is 0.613 bits per heavy atom. The molecule has 0 fully saturated rings. The number of non-ortho nitro benzene ring substituents is 1. The van der Waals surface area contributed by atoms with E-state index in [2.05, 4.69) is 48.5 Å². The average molecular weight is 400 g/mol. The molecule has 0 aliphatic rings. The van der Waals surface area contributed by atoms with Gasteiger partial charge in [-0.15, -0.1) is 0 Å². The predicted molar refractivity (Wildman–Crippen MR) is 126 cm³/mol. The lowest BCUT2D eigenvalue weighted by Gasteiger charge is -2.15. The van der Waals surface area contributed by atoms with Crippen LogP contribution < -0.4 is 0 Å². The molecule has 146 valence electrons. The SMILES string of the molecule is O=[N+]([O-])c1ccc(-c2c3c(ccc4ccccc43)nc3ccc4ccccc4c23)cc1. The predicted octanol–water partition coefficient (Wildman–Crippen LogP) is 7.27. The maximum Gasteiger partial charge on any atom is 0.269 e. The number of nitro groups is 1. The largest absolute Gasteiger partial charge is 0.269 e. The molecule has 0 atom stereocenters. The van der Waals surface area contributed by atoms with Crippen molar-refractivity contribution >= 4 is 49.0 Å². The minimum atomic E-state index is -0.364. The molecule has 0 amide bonds. The third-order valence-electron chi connectivity index (χ3n) is 5.92. The Bertz CT molecular complexity index is 1560. The summed E-state index contributed by atoms with van der Waals surface area (Å²) in [7, 11) is 0. The fourth-order valence-corrected chi connectivity index (χ4v) is 4.53. The van der Waals surface area contributed by atoms with Crippen LogP contribution in [0.4, 0.5) is 5.69 Å². The molecule has 4 heteroatoms. The molecule has 31 heavy (non-hydrogen) atoms. The number of fused-ring (bicyclic) bond motifs is 6. The summed E-state index contributed by atoms with van der Waals surface area (Å²) in [5.74, 6) is 0. The Hall–Kier alpha value is -4.31. The van der Waals surface area contributed by atoms with E-state index >= 15 is 0 Å². The number of pyridine rings is 1. The van der Waals surface area contributed by atoms with Gasteiger partial charge in [-0.1, -0.05) is 60.7 Å². The maximum atomic E-state index is 11.2. The highest BCUT2D eigenvalue weighted by Crippen LogP contribution is 2.41. The fourth-order valence-electron chi connectivity index (χ4n) is 4.53. The van der Waals surface area contributed by atoms with E-state index in [9.17, 15) is 10.1 Å². The van der Waals surface area contributed by atoms with Crippen LogP contribution >= 0.6 is 0 Å². The molecule has 0 unspecified atom stereocenters. The zero-order valence-electron chi connectivity index (χ0n) is 16.4. The minimum absolute atomic E-state index is 0.0844. The van der Waals surface area contributed by atoms with E-state index in [4.69, 9.17) is 4.98 Å². The van der Waals surface area contributed by atoms with Gasteiger partial charge in [0.1, 0.15) is 0 Å². The fraction of sp³-hybridized carbons (Fsp3) is 0. The van der Waals surface area contributed by atoms with Crippen LogP contribution in [-0.4, -0.2) is 9.91 Å². The van der Waals surface area contributed by atoms with Gasteiger partial charge in [0.05, 0.1) is 16.0 Å². The van der Waals surface area contributed by atoms with Crippen molar-refractivity contribution in [2.24, 2.45) is 0 Å². The van der Waals surface area contributed by atoms with Crippen LogP contribution in [0.3, 0.4) is 0 Å². The second-order valence-corrected chi connectivity index (χ2v) is 7.65. The van der Waals surface area contributed by atoms with Crippen LogP contribution in [0, 0.1) is 10.1 Å². The summed E-state index contributed by atoms with van der Waals surface area (Å²) in [5.41, 5.74) is 3.91. The summed E-state index contributed by atoms with van der Waals surface area (Å²) in [6.45, 7) is 0. The molecule has 5 aromatic carbocycles. The van der Waals surface area contributed by atoms with Gasteiger partial charge in [0.25, 0.3) is 5.69 Å². The van der Waals surface area contributed by atoms with Gasteiger partial charge in [0.15, 0.2) is 0 Å². The standard InChI is InChI=1S/C27H16N2O2/c30-29(31)20-13-9-19(10-14-20)25-26-21-7-3-1-5-17(21)11-15-23(26)28-24-16-12-18-6-2-4-8-22(18)27(24)25/h1-16H. The van der Waals surface area contributed by atoms with E-state index in [0.717, 1.165) is 54.5 Å². The third kappa shape index (κ3) is 2.66. The number of hydrogen-bond donors (Lipinski definition) is 0. The van der Waals surface area contributed by atoms with Crippen LogP contribution in [-0.2, 0) is 0 Å². The zero-order chi connectivity index (χ0) is 20.9. The summed E-state index contributed by atoms with van der Waals surface area (Å²) >= 11 is 0. The monoisotopic (exact) mass is 400 g/mol. The van der Waals surface area contributed by atoms with E-state index in [0.29, 0.717) is 0 Å². The Morgan fingerprint density at radius 3 is 1.65 bits per heavy atom. The lowest BCUT2D eigenvalue weighted by Crippen LogP contribution is -1.93. The van der Waals surface area contributed by atoms with Crippen molar-refractivity contribution < 1.29 is 4.92 Å². The molecule has 0 N–H and O–H groups in total. The second kappa shape index (κ2) is 6.61. The molecule has 0 aliphatic carbocycles. The Kier molecular flexibility index (Phi) is 3.74. The number of hydrogen-bond acceptors (Lipinski definition) is 3. The highest BCUT2D eigenvalue weighted by molar-refractivity contribution is 6.25. The average Bonchev–Trinajstić information content (AvgIpc) is 2.82. The van der Waals surface area contributed by atoms with Gasteiger partial charge in [0.2, 0.25) is 0 Å². The van der Waals surface area contributed by atoms with E-state index in [1.165, 1.54) is 0 Å². The third-order valence-corrected chi connectivity index (χ3v) is 5.92. The van der Waals surface area contributed by atoms with Crippen molar-refractivity contribution in [3.05, 3.63) is 107 Å². The van der Waals surface area contributed by atoms with Crippen LogP contribution in [0.2, 0.25) is 0 Å². The van der Waals surface area contributed by atoms with Crippen LogP contribution in [0.5, 0.6) is 0 Å². The van der Waals surface area contributed by atoms with E-state index in [1.807, 2.05) is 36.4 Å². The van der Waals surface area contributed by atoms with E-state index in [-0.39, 0.29) is 10.6 Å². The summed E-state index contributed by atoms with van der Waals surface area (Å²) < 4.78 is 0. The summed E-state index contributed by atoms with van der Waals surface area (Å²) in [6, 6.07) is 31.7. The molecule has 1 heterocycles. The lowest BCUT2D eigenvalue weighted by atomic mass is 9.90. The first-order valence-corrected chi connectivity index (χ1v) is 10.1. The van der Waals surface area contributed by atoms with Crippen molar-refractivity contribution in [1.82, 2.24) is 4.98 Å². The van der Waals surface area contributed by atoms with E-state index in [1.54, 1.807) is 12.1 Å². The number of rotatable bonds is 2. The molecule has 0 bridgehead atoms. The highest BCUT2D eigenvalue weighted by Gasteiger charge is 2.17. The first kappa shape index (κ1) is 17.5. The lowest BCUT2D eigenvalue weighted by molar-refractivity contribution is -0.384. The van der Waals surface area contributed by atoms with Gasteiger partial charge in [-0.2, -0.15) is 0 Å². The van der Waals surface area contributed by atoms with Gasteiger partial charge >= 0.3 is 0 Å². The molecule has 0 saturated carbocycles. The van der Waals surface area contributed by atoms with Gasteiger partial charge in [0, 0.05) is 28.5 Å². The van der Waals surface area contributed by atoms with Crippen molar-refractivity contribution in [1.29, 1.82) is 0 Å². The van der Waals surface area contributed by atoms with Crippen molar-refractivity contribution in [3.8, 4) is 11.1 Å². The quantitative estimate of drug-likeness (QED) is 0.133. The molecule has 6 aromatic rings. The number of nitro benzene ring substituents is 1. The van der Waals surface area contributed by atoms with E-state index < -0.39 is 0 Å². The smallest absolute Gasteiger partial charge is 0.258 e. The van der Waals surface area contributed by atoms with Gasteiger partial charge in [-0.3, -0.25) is 10.1 Å². The maximum absolute atomic E-state index is 11.2. The highest BCUT2D eigenvalue weighted by atomic mass is 16.6. The summed E-state index contributed by atoms with van der Waals surface area (Å²) in [6.07, 6.45) is 0. The van der Waals surface area contributed by atoms with Crippen molar-refractivity contribution in [2.45, 2.75) is 0 Å². The molecule has 0 radical (unpaired) electrons. The van der Waals surface area contributed by atoms with Crippen LogP contribution in [0.15, 0.2) is 97.1 Å². The summed E-state index contributed by atoms with van der Waals surface area (Å²) in [4.78, 5) is 15.9. The Balaban J connectivity index is 1.88. The Labute approximate surface area is 177 Å². The van der Waals surface area contributed by atoms with Gasteiger partial charge < -0.3 is 0 Å². The minimum Gasteiger partial charge on any atom is -0.258 e. The topological polar surface area (TPSA) is 56.0 Å². The number of benzene rings is 5. The van der Waals surface area contributed by atoms with Gasteiger partial charge in [-0.25, -0.2) is 4.98 Å². The first-order valence-electron chi connectivity index (χ1n) is 10.1. The molecule has 6 rings (SSSR count). The number of aromatic nitrogens is 1. The van der Waals surface area contributed by atoms with Crippen molar-refractivity contribution in [3.63, 3.8) is 0 Å².